The van der Waals surface area contributed by atoms with E-state index in [4.69, 9.17) is 11.6 Å². The number of carbonyl (C=O) groups is 2. The normalized spacial score (nSPS) is 10.1. The highest BCUT2D eigenvalue weighted by atomic mass is 79.9. The molecule has 0 aliphatic carbocycles. The molecule has 1 amide bonds. The quantitative estimate of drug-likeness (QED) is 0.351. The van der Waals surface area contributed by atoms with Crippen LogP contribution >= 0.6 is 27.5 Å². The summed E-state index contributed by atoms with van der Waals surface area (Å²) in [5.41, 5.74) is -0.112. The maximum Gasteiger partial charge on any atom is 0.357 e. The van der Waals surface area contributed by atoms with Crippen molar-refractivity contribution in [3.63, 3.8) is 0 Å². The molecule has 98 valence electrons. The molecule has 1 aromatic heterocycles. The minimum Gasteiger partial charge on any atom is -0.358 e. The maximum absolute atomic E-state index is 11.6. The zero-order valence-electron chi connectivity index (χ0n) is 8.90. The van der Waals surface area contributed by atoms with Crippen molar-refractivity contribution in [2.45, 2.75) is 12.8 Å². The van der Waals surface area contributed by atoms with Gasteiger partial charge in [0.25, 0.3) is 5.91 Å². The molecular weight excluding hydrogens is 331 g/mol. The molecule has 1 aromatic rings. The van der Waals surface area contributed by atoms with Gasteiger partial charge in [-0.3, -0.25) is 9.59 Å². The number of aromatic amines is 1. The van der Waals surface area contributed by atoms with E-state index in [1.165, 1.54) is 0 Å². The number of aromatic nitrogens is 2. The number of hydrogen-bond donors (Lipinski definition) is 2. The number of nitrogens with one attached hydrogen (secondary N) is 2. The number of carbonyl (C=O) groups excluding carboxylic acids is 2. The molecule has 2 N–H and O–H groups in total. The van der Waals surface area contributed by atoms with Crippen molar-refractivity contribution in [1.82, 2.24) is 15.5 Å². The molecule has 1 heterocycles. The zero-order chi connectivity index (χ0) is 13.7. The zero-order valence-corrected chi connectivity index (χ0v) is 11.2. The molecule has 18 heavy (non-hydrogen) atoms. The van der Waals surface area contributed by atoms with Gasteiger partial charge in [-0.25, -0.2) is 0 Å². The predicted octanol–water partition coefficient (Wildman–Crippen LogP) is 1.36. The van der Waals surface area contributed by atoms with Crippen LogP contribution in [0.5, 0.6) is 0 Å². The van der Waals surface area contributed by atoms with Crippen LogP contribution in [0.2, 0.25) is 0 Å². The fraction of sp³-hybridized carbons (Fsp3) is 0.375. The number of nitrogens with zero attached hydrogens (tertiary/aromatic N) is 2. The summed E-state index contributed by atoms with van der Waals surface area (Å²) in [6.45, 7) is 0.227. The van der Waals surface area contributed by atoms with Gasteiger partial charge < -0.3 is 15.4 Å². The van der Waals surface area contributed by atoms with Crippen LogP contribution < -0.4 is 5.32 Å². The lowest BCUT2D eigenvalue weighted by Crippen LogP contribution is -2.25. The van der Waals surface area contributed by atoms with Gasteiger partial charge in [0.05, 0.1) is 0 Å². The molecule has 0 saturated heterocycles. The number of hydrogen-bond acceptors (Lipinski definition) is 5. The van der Waals surface area contributed by atoms with Crippen LogP contribution in [-0.4, -0.2) is 32.8 Å². The molecule has 8 nitrogen and oxygen atoms in total. The van der Waals surface area contributed by atoms with Crippen LogP contribution in [0.4, 0.5) is 5.82 Å². The van der Waals surface area contributed by atoms with Crippen molar-refractivity contribution >= 4 is 44.5 Å². The Labute approximate surface area is 114 Å². The van der Waals surface area contributed by atoms with Gasteiger partial charge in [-0.2, -0.15) is 0 Å². The van der Waals surface area contributed by atoms with Crippen LogP contribution in [0.15, 0.2) is 4.47 Å². The minimum absolute atomic E-state index is 0.0154. The molecule has 0 atom stereocenters. The lowest BCUT2D eigenvalue weighted by molar-refractivity contribution is -0.390. The molecule has 0 saturated carbocycles. The van der Waals surface area contributed by atoms with Gasteiger partial charge in [-0.15, -0.1) is 5.10 Å². The first-order valence-electron chi connectivity index (χ1n) is 4.78. The number of rotatable bonds is 6. The van der Waals surface area contributed by atoms with E-state index in [0.29, 0.717) is 6.42 Å². The second-order valence-electron chi connectivity index (χ2n) is 3.21. The fourth-order valence-electron chi connectivity index (χ4n) is 1.10. The number of nitro groups is 1. The van der Waals surface area contributed by atoms with Crippen LogP contribution in [-0.2, 0) is 4.79 Å². The first kappa shape index (κ1) is 14.6. The number of amides is 1. The molecular formula is C8H8BrClN4O4. The van der Waals surface area contributed by atoms with Crippen LogP contribution in [0.3, 0.4) is 0 Å². The fourth-order valence-corrected chi connectivity index (χ4v) is 1.74. The van der Waals surface area contributed by atoms with Gasteiger partial charge in [0.15, 0.2) is 5.69 Å². The SMILES string of the molecule is O=C(Cl)CCCNC(=O)c1n[nH]c([N+](=O)[O-])c1Br. The summed E-state index contributed by atoms with van der Waals surface area (Å²) in [6, 6.07) is 0. The highest BCUT2D eigenvalue weighted by Gasteiger charge is 2.24. The molecule has 0 fully saturated rings. The van der Waals surface area contributed by atoms with Gasteiger partial charge >= 0.3 is 5.82 Å². The van der Waals surface area contributed by atoms with Crippen molar-refractivity contribution < 1.29 is 14.5 Å². The van der Waals surface area contributed by atoms with Gasteiger partial charge in [-0.05, 0) is 38.9 Å². The first-order chi connectivity index (χ1) is 8.43. The Hall–Kier alpha value is -1.48. The molecule has 0 aromatic carbocycles. The molecule has 0 radical (unpaired) electrons. The van der Waals surface area contributed by atoms with Crippen molar-refractivity contribution in [2.75, 3.05) is 6.54 Å². The summed E-state index contributed by atoms with van der Waals surface area (Å²) in [5, 5.41) is 18.2. The van der Waals surface area contributed by atoms with Crippen LogP contribution in [0.25, 0.3) is 0 Å². The Morgan fingerprint density at radius 1 is 1.56 bits per heavy atom. The molecule has 1 rings (SSSR count). The smallest absolute Gasteiger partial charge is 0.357 e. The Kier molecular flexibility index (Phi) is 5.23. The van der Waals surface area contributed by atoms with Crippen LogP contribution in [0, 0.1) is 10.1 Å². The predicted molar refractivity (Wildman–Crippen MR) is 65.4 cm³/mol. The van der Waals surface area contributed by atoms with Gasteiger partial charge in [0, 0.05) is 13.0 Å². The third-order valence-electron chi connectivity index (χ3n) is 1.92. The van der Waals surface area contributed by atoms with Crippen molar-refractivity contribution in [2.24, 2.45) is 0 Å². The molecule has 0 unspecified atom stereocenters. The van der Waals surface area contributed by atoms with E-state index in [9.17, 15) is 19.7 Å². The summed E-state index contributed by atoms with van der Waals surface area (Å²) in [4.78, 5) is 31.8. The van der Waals surface area contributed by atoms with E-state index in [2.05, 4.69) is 31.4 Å². The van der Waals surface area contributed by atoms with E-state index in [-0.39, 0.29) is 23.1 Å². The Balaban J connectivity index is 2.57. The second kappa shape index (κ2) is 6.45. The average molecular weight is 340 g/mol. The lowest BCUT2D eigenvalue weighted by atomic mass is 10.3. The lowest BCUT2D eigenvalue weighted by Gasteiger charge is -2.00. The van der Waals surface area contributed by atoms with E-state index in [1.807, 2.05) is 0 Å². The second-order valence-corrected chi connectivity index (χ2v) is 4.42. The minimum atomic E-state index is -0.694. The summed E-state index contributed by atoms with van der Waals surface area (Å²) in [7, 11) is 0. The van der Waals surface area contributed by atoms with E-state index >= 15 is 0 Å². The summed E-state index contributed by atoms with van der Waals surface area (Å²) >= 11 is 8.04. The monoisotopic (exact) mass is 338 g/mol. The van der Waals surface area contributed by atoms with E-state index < -0.39 is 21.9 Å². The summed E-state index contributed by atoms with van der Waals surface area (Å²) < 4.78 is -0.0154. The van der Waals surface area contributed by atoms with Gasteiger partial charge in [0.2, 0.25) is 5.24 Å². The number of H-pyrrole nitrogens is 1. The summed E-state index contributed by atoms with van der Waals surface area (Å²) in [6.07, 6.45) is 0.530. The standard InChI is InChI=1S/C8H8BrClN4O4/c9-5-6(12-13-7(5)14(17)18)8(16)11-3-1-2-4(10)15/h1-3H2,(H,11,16)(H,12,13). The van der Waals surface area contributed by atoms with E-state index in [0.717, 1.165) is 0 Å². The average Bonchev–Trinajstić information content (AvgIpc) is 2.66. The third kappa shape index (κ3) is 3.77. The first-order valence-corrected chi connectivity index (χ1v) is 5.95. The largest absolute Gasteiger partial charge is 0.358 e. The highest BCUT2D eigenvalue weighted by Crippen LogP contribution is 2.25. The molecule has 10 heteroatoms. The topological polar surface area (TPSA) is 118 Å². The summed E-state index contributed by atoms with van der Waals surface area (Å²) in [5.74, 6) is -0.968. The Bertz CT molecular complexity index is 489. The van der Waals surface area contributed by atoms with E-state index in [1.54, 1.807) is 0 Å². The molecule has 0 aliphatic rings. The molecule has 0 bridgehead atoms. The Morgan fingerprint density at radius 2 is 2.22 bits per heavy atom. The third-order valence-corrected chi connectivity index (χ3v) is 2.86. The highest BCUT2D eigenvalue weighted by molar-refractivity contribution is 9.10. The van der Waals surface area contributed by atoms with Gasteiger partial charge in [0.1, 0.15) is 4.47 Å². The Morgan fingerprint density at radius 3 is 2.72 bits per heavy atom. The maximum atomic E-state index is 11.6. The molecule has 0 aliphatic heterocycles. The number of halogens is 2. The van der Waals surface area contributed by atoms with Crippen LogP contribution in [0.1, 0.15) is 23.3 Å². The van der Waals surface area contributed by atoms with Crippen molar-refractivity contribution in [1.29, 1.82) is 0 Å². The van der Waals surface area contributed by atoms with Gasteiger partial charge in [-0.1, -0.05) is 5.10 Å². The molecule has 0 spiro atoms. The van der Waals surface area contributed by atoms with Crippen molar-refractivity contribution in [3.05, 3.63) is 20.3 Å². The van der Waals surface area contributed by atoms with Crippen molar-refractivity contribution in [3.8, 4) is 0 Å².